The average Bonchev–Trinajstić information content (AvgIpc) is 2.60. The molecule has 1 aromatic carbocycles. The summed E-state index contributed by atoms with van der Waals surface area (Å²) in [5.74, 6) is 0.246. The van der Waals surface area contributed by atoms with Gasteiger partial charge < -0.3 is 9.64 Å². The first-order valence-corrected chi connectivity index (χ1v) is 7.25. The van der Waals surface area contributed by atoms with Gasteiger partial charge in [0.15, 0.2) is 0 Å². The van der Waals surface area contributed by atoms with Gasteiger partial charge in [-0.25, -0.2) is 0 Å². The number of benzene rings is 1. The van der Waals surface area contributed by atoms with E-state index in [1.165, 1.54) is 5.56 Å². The zero-order chi connectivity index (χ0) is 14.0. The molecule has 108 valence electrons. The third kappa shape index (κ3) is 2.86. The molecule has 2 heterocycles. The van der Waals surface area contributed by atoms with Gasteiger partial charge in [0.25, 0.3) is 0 Å². The Kier molecular flexibility index (Phi) is 3.76. The van der Waals surface area contributed by atoms with Gasteiger partial charge >= 0.3 is 0 Å². The van der Waals surface area contributed by atoms with Crippen LogP contribution in [0.1, 0.15) is 12.0 Å². The Bertz CT molecular complexity index is 477. The molecule has 0 N–H and O–H groups in total. The quantitative estimate of drug-likeness (QED) is 0.816. The third-order valence-electron chi connectivity index (χ3n) is 4.29. The smallest absolute Gasteiger partial charge is 0.223 e. The standard InChI is InChI=1S/C16H22N2O2/c1-17-11-16(9-15(17)19)12-18(7-8-20-13-16)10-14-5-3-2-4-6-14/h2-6H,7-13H2,1H3/t16-/m1/s1. The van der Waals surface area contributed by atoms with E-state index in [1.807, 2.05) is 18.0 Å². The SMILES string of the molecule is CN1C[C@]2(COCCN(Cc3ccccc3)C2)CC1=O. The van der Waals surface area contributed by atoms with E-state index >= 15 is 0 Å². The summed E-state index contributed by atoms with van der Waals surface area (Å²) in [6.45, 7) is 5.09. The zero-order valence-corrected chi connectivity index (χ0v) is 12.0. The summed E-state index contributed by atoms with van der Waals surface area (Å²) < 4.78 is 5.78. The van der Waals surface area contributed by atoms with Gasteiger partial charge in [0.05, 0.1) is 13.2 Å². The maximum Gasteiger partial charge on any atom is 0.223 e. The number of likely N-dealkylation sites (tertiary alicyclic amines) is 1. The van der Waals surface area contributed by atoms with Crippen LogP contribution in [0.4, 0.5) is 0 Å². The molecule has 2 fully saturated rings. The molecule has 2 aliphatic heterocycles. The lowest BCUT2D eigenvalue weighted by Gasteiger charge is -2.30. The van der Waals surface area contributed by atoms with Gasteiger partial charge in [0, 0.05) is 45.1 Å². The molecular formula is C16H22N2O2. The van der Waals surface area contributed by atoms with E-state index in [2.05, 4.69) is 29.2 Å². The molecule has 4 heteroatoms. The molecular weight excluding hydrogens is 252 g/mol. The second-order valence-corrected chi connectivity index (χ2v) is 6.18. The Morgan fingerprint density at radius 2 is 2.05 bits per heavy atom. The summed E-state index contributed by atoms with van der Waals surface area (Å²) in [7, 11) is 1.89. The maximum absolute atomic E-state index is 11.9. The monoisotopic (exact) mass is 274 g/mol. The van der Waals surface area contributed by atoms with Crippen molar-refractivity contribution in [3.8, 4) is 0 Å². The maximum atomic E-state index is 11.9. The van der Waals surface area contributed by atoms with Gasteiger partial charge in [-0.3, -0.25) is 9.69 Å². The second-order valence-electron chi connectivity index (χ2n) is 6.18. The highest BCUT2D eigenvalue weighted by Gasteiger charge is 2.44. The minimum Gasteiger partial charge on any atom is -0.379 e. The first-order chi connectivity index (χ1) is 9.67. The van der Waals surface area contributed by atoms with Crippen molar-refractivity contribution in [3.05, 3.63) is 35.9 Å². The van der Waals surface area contributed by atoms with E-state index in [0.717, 1.165) is 32.8 Å². The molecule has 0 bridgehead atoms. The van der Waals surface area contributed by atoms with Crippen LogP contribution in [-0.4, -0.2) is 55.6 Å². The van der Waals surface area contributed by atoms with Crippen LogP contribution in [0.3, 0.4) is 0 Å². The van der Waals surface area contributed by atoms with Crippen LogP contribution in [-0.2, 0) is 16.1 Å². The van der Waals surface area contributed by atoms with Crippen molar-refractivity contribution in [1.82, 2.24) is 9.80 Å². The lowest BCUT2D eigenvalue weighted by atomic mass is 9.87. The van der Waals surface area contributed by atoms with Gasteiger partial charge in [0.2, 0.25) is 5.91 Å². The molecule has 1 amide bonds. The van der Waals surface area contributed by atoms with Crippen LogP contribution >= 0.6 is 0 Å². The number of rotatable bonds is 2. The Balaban J connectivity index is 1.71. The molecule has 3 rings (SSSR count). The molecule has 1 atom stereocenters. The van der Waals surface area contributed by atoms with E-state index in [1.54, 1.807) is 0 Å². The van der Waals surface area contributed by atoms with Gasteiger partial charge in [-0.2, -0.15) is 0 Å². The fourth-order valence-corrected chi connectivity index (χ4v) is 3.36. The van der Waals surface area contributed by atoms with Crippen molar-refractivity contribution in [2.45, 2.75) is 13.0 Å². The highest BCUT2D eigenvalue weighted by molar-refractivity contribution is 5.79. The van der Waals surface area contributed by atoms with Crippen molar-refractivity contribution in [2.24, 2.45) is 5.41 Å². The normalized spacial score (nSPS) is 28.1. The number of amides is 1. The molecule has 0 aromatic heterocycles. The number of carbonyl (C=O) groups is 1. The van der Waals surface area contributed by atoms with E-state index in [-0.39, 0.29) is 11.3 Å². The molecule has 0 radical (unpaired) electrons. The number of hydrogen-bond acceptors (Lipinski definition) is 3. The van der Waals surface area contributed by atoms with Crippen LogP contribution in [0.5, 0.6) is 0 Å². The second kappa shape index (κ2) is 5.54. The van der Waals surface area contributed by atoms with Crippen LogP contribution in [0, 0.1) is 5.41 Å². The van der Waals surface area contributed by atoms with Crippen LogP contribution < -0.4 is 0 Å². The lowest BCUT2D eigenvalue weighted by molar-refractivity contribution is -0.126. The molecule has 2 aliphatic rings. The molecule has 4 nitrogen and oxygen atoms in total. The predicted octanol–water partition coefficient (Wildman–Crippen LogP) is 1.37. The number of hydrogen-bond donors (Lipinski definition) is 0. The van der Waals surface area contributed by atoms with Crippen molar-refractivity contribution < 1.29 is 9.53 Å². The van der Waals surface area contributed by atoms with E-state index in [9.17, 15) is 4.79 Å². The number of ether oxygens (including phenoxy) is 1. The summed E-state index contributed by atoms with van der Waals surface area (Å²) in [5.41, 5.74) is 1.30. The predicted molar refractivity (Wildman–Crippen MR) is 77.2 cm³/mol. The van der Waals surface area contributed by atoms with Crippen molar-refractivity contribution in [1.29, 1.82) is 0 Å². The summed E-state index contributed by atoms with van der Waals surface area (Å²) >= 11 is 0. The third-order valence-corrected chi connectivity index (χ3v) is 4.29. The van der Waals surface area contributed by atoms with Gasteiger partial charge in [-0.05, 0) is 5.56 Å². The first kappa shape index (κ1) is 13.6. The van der Waals surface area contributed by atoms with Crippen LogP contribution in [0.2, 0.25) is 0 Å². The van der Waals surface area contributed by atoms with Crippen molar-refractivity contribution in [3.63, 3.8) is 0 Å². The Hall–Kier alpha value is -1.39. The number of carbonyl (C=O) groups excluding carboxylic acids is 1. The highest BCUT2D eigenvalue weighted by atomic mass is 16.5. The minimum atomic E-state index is -0.0168. The van der Waals surface area contributed by atoms with Crippen molar-refractivity contribution >= 4 is 5.91 Å². The van der Waals surface area contributed by atoms with Crippen LogP contribution in [0.15, 0.2) is 30.3 Å². The zero-order valence-electron chi connectivity index (χ0n) is 12.0. The molecule has 1 spiro atoms. The molecule has 0 aliphatic carbocycles. The number of nitrogens with zero attached hydrogens (tertiary/aromatic N) is 2. The average molecular weight is 274 g/mol. The van der Waals surface area contributed by atoms with Crippen LogP contribution in [0.25, 0.3) is 0 Å². The van der Waals surface area contributed by atoms with E-state index < -0.39 is 0 Å². The molecule has 0 unspecified atom stereocenters. The largest absolute Gasteiger partial charge is 0.379 e. The lowest BCUT2D eigenvalue weighted by Crippen LogP contribution is -2.40. The fraction of sp³-hybridized carbons (Fsp3) is 0.562. The van der Waals surface area contributed by atoms with Gasteiger partial charge in [-0.1, -0.05) is 30.3 Å². The van der Waals surface area contributed by atoms with E-state index in [0.29, 0.717) is 13.0 Å². The Morgan fingerprint density at radius 3 is 2.75 bits per heavy atom. The molecule has 0 saturated carbocycles. The minimum absolute atomic E-state index is 0.0168. The summed E-state index contributed by atoms with van der Waals surface area (Å²) in [5, 5.41) is 0. The summed E-state index contributed by atoms with van der Waals surface area (Å²) in [6, 6.07) is 10.5. The van der Waals surface area contributed by atoms with Gasteiger partial charge in [0.1, 0.15) is 0 Å². The topological polar surface area (TPSA) is 32.8 Å². The fourth-order valence-electron chi connectivity index (χ4n) is 3.36. The molecule has 1 aromatic rings. The summed E-state index contributed by atoms with van der Waals surface area (Å²) in [4.78, 5) is 16.1. The summed E-state index contributed by atoms with van der Waals surface area (Å²) in [6.07, 6.45) is 0.620. The highest BCUT2D eigenvalue weighted by Crippen LogP contribution is 2.33. The Labute approximate surface area is 120 Å². The first-order valence-electron chi connectivity index (χ1n) is 7.25. The molecule has 2 saturated heterocycles. The van der Waals surface area contributed by atoms with Crippen molar-refractivity contribution in [2.75, 3.05) is 39.9 Å². The molecule has 20 heavy (non-hydrogen) atoms. The van der Waals surface area contributed by atoms with E-state index in [4.69, 9.17) is 4.74 Å². The van der Waals surface area contributed by atoms with Gasteiger partial charge in [-0.15, -0.1) is 0 Å². The Morgan fingerprint density at radius 1 is 1.25 bits per heavy atom.